The molecule has 6 heteroatoms. The molecular weight excluding hydrogens is 440 g/mol. The van der Waals surface area contributed by atoms with E-state index >= 15 is 0 Å². The van der Waals surface area contributed by atoms with E-state index < -0.39 is 18.2 Å². The molecule has 1 amide bonds. The fraction of sp³-hybridized carbons (Fsp3) is 0.414. The van der Waals surface area contributed by atoms with Crippen molar-refractivity contribution in [2.75, 3.05) is 7.05 Å². The zero-order chi connectivity index (χ0) is 25.5. The highest BCUT2D eigenvalue weighted by Gasteiger charge is 2.30. The number of nitrogens with one attached hydrogen (secondary N) is 1. The van der Waals surface area contributed by atoms with Gasteiger partial charge in [-0.2, -0.15) is 0 Å². The van der Waals surface area contributed by atoms with Crippen LogP contribution < -0.4 is 5.32 Å². The molecule has 0 unspecified atom stereocenters. The number of amides is 1. The second kappa shape index (κ2) is 11.9. The molecule has 0 bridgehead atoms. The monoisotopic (exact) mass is 476 g/mol. The van der Waals surface area contributed by atoms with Crippen molar-refractivity contribution >= 4 is 22.8 Å². The van der Waals surface area contributed by atoms with Crippen molar-refractivity contribution in [3.63, 3.8) is 0 Å². The van der Waals surface area contributed by atoms with Crippen molar-refractivity contribution in [2.45, 2.75) is 59.2 Å². The minimum Gasteiger partial charge on any atom is -0.456 e. The number of fused-ring (bicyclic) bond motifs is 1. The predicted molar refractivity (Wildman–Crippen MR) is 138 cm³/mol. The number of benzene rings is 2. The van der Waals surface area contributed by atoms with Crippen LogP contribution in [0.3, 0.4) is 0 Å². The normalized spacial score (nSPS) is 13.9. The van der Waals surface area contributed by atoms with Crippen molar-refractivity contribution in [1.29, 1.82) is 0 Å². The Morgan fingerprint density at radius 1 is 1.03 bits per heavy atom. The molecule has 3 rings (SSSR count). The van der Waals surface area contributed by atoms with E-state index in [1.807, 2.05) is 70.2 Å². The minimum absolute atomic E-state index is 0.118. The van der Waals surface area contributed by atoms with Gasteiger partial charge < -0.3 is 15.2 Å². The largest absolute Gasteiger partial charge is 0.456 e. The molecule has 3 aromatic rings. The standard InChI is InChI=1S/C29H36N2O4/c1-18(2)13-22(28(33)30-5)16-25(32)26(14-21-9-7-6-8-10-21)35-29(34)23-15-24-19(3)11-12-20(4)27(24)31-17-23/h6-12,15,17-18,22,25-26,32H,13-14,16H2,1-5H3,(H,30,33)/t22-,25+,26+/m1/s1. The number of ether oxygens (including phenoxy) is 1. The molecule has 0 radical (unpaired) electrons. The van der Waals surface area contributed by atoms with Crippen LogP contribution in [0.4, 0.5) is 0 Å². The molecule has 0 aliphatic heterocycles. The lowest BCUT2D eigenvalue weighted by Crippen LogP contribution is -2.38. The van der Waals surface area contributed by atoms with Crippen LogP contribution in [0.5, 0.6) is 0 Å². The van der Waals surface area contributed by atoms with E-state index in [0.717, 1.165) is 27.6 Å². The molecule has 0 aliphatic rings. The maximum absolute atomic E-state index is 13.2. The van der Waals surface area contributed by atoms with Crippen LogP contribution in [0.1, 0.15) is 53.7 Å². The molecule has 1 heterocycles. The van der Waals surface area contributed by atoms with Gasteiger partial charge in [0.05, 0.1) is 17.2 Å². The molecule has 1 aromatic heterocycles. The third-order valence-corrected chi connectivity index (χ3v) is 6.37. The maximum Gasteiger partial charge on any atom is 0.340 e. The van der Waals surface area contributed by atoms with E-state index in [9.17, 15) is 14.7 Å². The van der Waals surface area contributed by atoms with Gasteiger partial charge in [0.25, 0.3) is 0 Å². The highest BCUT2D eigenvalue weighted by Crippen LogP contribution is 2.24. The van der Waals surface area contributed by atoms with Crippen LogP contribution >= 0.6 is 0 Å². The van der Waals surface area contributed by atoms with Gasteiger partial charge in [-0.3, -0.25) is 9.78 Å². The lowest BCUT2D eigenvalue weighted by atomic mass is 9.88. The lowest BCUT2D eigenvalue weighted by Gasteiger charge is -2.27. The van der Waals surface area contributed by atoms with Gasteiger partial charge in [0.15, 0.2) is 0 Å². The number of hydrogen-bond acceptors (Lipinski definition) is 5. The van der Waals surface area contributed by atoms with Crippen molar-refractivity contribution < 1.29 is 19.4 Å². The summed E-state index contributed by atoms with van der Waals surface area (Å²) < 4.78 is 5.88. The first-order chi connectivity index (χ1) is 16.7. The van der Waals surface area contributed by atoms with E-state index in [-0.39, 0.29) is 24.2 Å². The fourth-order valence-electron chi connectivity index (χ4n) is 4.44. The van der Waals surface area contributed by atoms with Crippen LogP contribution in [0.2, 0.25) is 0 Å². The molecule has 0 saturated heterocycles. The summed E-state index contributed by atoms with van der Waals surface area (Å²) in [5, 5.41) is 14.8. The first-order valence-corrected chi connectivity index (χ1v) is 12.2. The third kappa shape index (κ3) is 6.89. The molecule has 186 valence electrons. The van der Waals surface area contributed by atoms with Crippen molar-refractivity contribution in [3.8, 4) is 0 Å². The zero-order valence-corrected chi connectivity index (χ0v) is 21.2. The number of aryl methyl sites for hydroxylation is 2. The van der Waals surface area contributed by atoms with Crippen molar-refractivity contribution in [2.24, 2.45) is 11.8 Å². The molecule has 0 saturated carbocycles. The van der Waals surface area contributed by atoms with Gasteiger partial charge in [0.2, 0.25) is 5.91 Å². The third-order valence-electron chi connectivity index (χ3n) is 6.37. The summed E-state index contributed by atoms with van der Waals surface area (Å²) in [7, 11) is 1.60. The molecule has 0 spiro atoms. The second-order valence-electron chi connectivity index (χ2n) is 9.70. The van der Waals surface area contributed by atoms with E-state index in [1.54, 1.807) is 13.1 Å². The van der Waals surface area contributed by atoms with E-state index in [0.29, 0.717) is 18.4 Å². The molecule has 2 aromatic carbocycles. The summed E-state index contributed by atoms with van der Waals surface area (Å²) in [6.07, 6.45) is 0.896. The van der Waals surface area contributed by atoms with Gasteiger partial charge >= 0.3 is 5.97 Å². The van der Waals surface area contributed by atoms with Crippen LogP contribution in [0.15, 0.2) is 54.7 Å². The zero-order valence-electron chi connectivity index (χ0n) is 21.2. The minimum atomic E-state index is -1.00. The van der Waals surface area contributed by atoms with E-state index in [4.69, 9.17) is 4.74 Å². The number of esters is 1. The summed E-state index contributed by atoms with van der Waals surface area (Å²) in [4.78, 5) is 30.1. The predicted octanol–water partition coefficient (Wildman–Crippen LogP) is 4.78. The Labute approximate surface area is 207 Å². The smallest absolute Gasteiger partial charge is 0.340 e. The average Bonchev–Trinajstić information content (AvgIpc) is 2.85. The Kier molecular flexibility index (Phi) is 8.99. The second-order valence-corrected chi connectivity index (χ2v) is 9.70. The van der Waals surface area contributed by atoms with Crippen LogP contribution in [0, 0.1) is 25.7 Å². The summed E-state index contributed by atoms with van der Waals surface area (Å²) in [6.45, 7) is 8.05. The first-order valence-electron chi connectivity index (χ1n) is 12.2. The molecule has 0 aliphatic carbocycles. The molecular formula is C29H36N2O4. The molecule has 6 nitrogen and oxygen atoms in total. The van der Waals surface area contributed by atoms with E-state index in [1.165, 1.54) is 6.20 Å². The van der Waals surface area contributed by atoms with Gasteiger partial charge in [-0.1, -0.05) is 56.3 Å². The Morgan fingerprint density at radius 2 is 1.71 bits per heavy atom. The maximum atomic E-state index is 13.2. The number of pyridine rings is 1. The van der Waals surface area contributed by atoms with Gasteiger partial charge in [-0.05, 0) is 55.4 Å². The number of carbonyl (C=O) groups is 2. The lowest BCUT2D eigenvalue weighted by molar-refractivity contribution is -0.126. The Bertz CT molecular complexity index is 1160. The Hall–Kier alpha value is -3.25. The molecule has 3 atom stereocenters. The van der Waals surface area contributed by atoms with Crippen LogP contribution in [0.25, 0.3) is 10.9 Å². The van der Waals surface area contributed by atoms with Crippen molar-refractivity contribution in [1.82, 2.24) is 10.3 Å². The highest BCUT2D eigenvalue weighted by atomic mass is 16.6. The Morgan fingerprint density at radius 3 is 2.37 bits per heavy atom. The summed E-state index contributed by atoms with van der Waals surface area (Å²) in [5.74, 6) is -0.748. The highest BCUT2D eigenvalue weighted by molar-refractivity contribution is 5.95. The van der Waals surface area contributed by atoms with Gasteiger partial charge in [-0.25, -0.2) is 4.79 Å². The average molecular weight is 477 g/mol. The number of carbonyl (C=O) groups excluding carboxylic acids is 2. The van der Waals surface area contributed by atoms with Gasteiger partial charge in [0, 0.05) is 31.0 Å². The SMILES string of the molecule is CNC(=O)[C@H](CC(C)C)C[C@H](O)[C@H](Cc1ccccc1)OC(=O)c1cnc2c(C)ccc(C)c2c1. The van der Waals surface area contributed by atoms with Crippen molar-refractivity contribution in [3.05, 3.63) is 77.0 Å². The van der Waals surface area contributed by atoms with Gasteiger partial charge in [-0.15, -0.1) is 0 Å². The number of aliphatic hydroxyl groups excluding tert-OH is 1. The quantitative estimate of drug-likeness (QED) is 0.411. The van der Waals surface area contributed by atoms with Gasteiger partial charge in [0.1, 0.15) is 6.10 Å². The number of rotatable bonds is 10. The molecule has 35 heavy (non-hydrogen) atoms. The number of nitrogens with zero attached hydrogens (tertiary/aromatic N) is 1. The fourth-order valence-corrected chi connectivity index (χ4v) is 4.44. The van der Waals surface area contributed by atoms with Crippen LogP contribution in [-0.2, 0) is 16.0 Å². The number of aliphatic hydroxyl groups is 1. The summed E-state index contributed by atoms with van der Waals surface area (Å²) in [6, 6.07) is 15.4. The molecule has 2 N–H and O–H groups in total. The summed E-state index contributed by atoms with van der Waals surface area (Å²) in [5.41, 5.74) is 4.18. The Balaban J connectivity index is 1.86. The topological polar surface area (TPSA) is 88.5 Å². The number of aromatic nitrogens is 1. The first kappa shape index (κ1) is 26.4. The van der Waals surface area contributed by atoms with Crippen LogP contribution in [-0.4, -0.2) is 41.2 Å². The number of hydrogen-bond donors (Lipinski definition) is 2. The molecule has 0 fully saturated rings. The summed E-state index contributed by atoms with van der Waals surface area (Å²) >= 11 is 0. The van der Waals surface area contributed by atoms with E-state index in [2.05, 4.69) is 10.3 Å².